The Morgan fingerprint density at radius 1 is 0.680 bits per heavy atom. The number of ketones is 1. The lowest BCUT2D eigenvalue weighted by molar-refractivity contribution is -0.151. The minimum Gasteiger partial charge on any atom is -0.476 e. The lowest BCUT2D eigenvalue weighted by Crippen LogP contribution is -2.17. The van der Waals surface area contributed by atoms with Crippen molar-refractivity contribution in [1.82, 2.24) is 0 Å². The van der Waals surface area contributed by atoms with Gasteiger partial charge >= 0.3 is 11.9 Å². The second-order valence-electron chi connectivity index (χ2n) is 4.59. The molecule has 0 aromatic heterocycles. The Bertz CT molecular complexity index is 376. The molecule has 0 radical (unpaired) electrons. The van der Waals surface area contributed by atoms with Crippen LogP contribution in [0.15, 0.2) is 0 Å². The highest BCUT2D eigenvalue weighted by atomic mass is 127. The van der Waals surface area contributed by atoms with Gasteiger partial charge in [0.15, 0.2) is 0 Å². The van der Waals surface area contributed by atoms with Gasteiger partial charge in [0.1, 0.15) is 6.61 Å². The zero-order valence-corrected chi connectivity index (χ0v) is 16.2. The molecule has 0 aromatic rings. The van der Waals surface area contributed by atoms with Crippen molar-refractivity contribution in [2.24, 2.45) is 0 Å². The van der Waals surface area contributed by atoms with Crippen LogP contribution in [-0.4, -0.2) is 86.7 Å². The topological polar surface area (TPSA) is 118 Å². The van der Waals surface area contributed by atoms with E-state index in [0.29, 0.717) is 39.6 Å². The fourth-order valence-electron chi connectivity index (χ4n) is 1.43. The molecular formula is C15H25IO9. The van der Waals surface area contributed by atoms with Crippen LogP contribution in [0, 0.1) is 0 Å². The third kappa shape index (κ3) is 17.8. The third-order valence-corrected chi connectivity index (χ3v) is 3.06. The molecule has 0 fully saturated rings. The Hall–Kier alpha value is -0.820. The van der Waals surface area contributed by atoms with Gasteiger partial charge < -0.3 is 28.8 Å². The lowest BCUT2D eigenvalue weighted by Gasteiger charge is -2.07. The van der Waals surface area contributed by atoms with Crippen LogP contribution in [0.4, 0.5) is 0 Å². The molecule has 0 aliphatic heterocycles. The van der Waals surface area contributed by atoms with Gasteiger partial charge in [-0.1, -0.05) is 22.6 Å². The molecule has 10 heteroatoms. The summed E-state index contributed by atoms with van der Waals surface area (Å²) in [6.45, 7) is 3.79. The van der Waals surface area contributed by atoms with E-state index in [1.54, 1.807) is 0 Å². The van der Waals surface area contributed by atoms with Crippen LogP contribution in [-0.2, 0) is 38.1 Å². The number of carbonyl (C=O) groups is 3. The number of rotatable bonds is 18. The first-order valence-electron chi connectivity index (χ1n) is 7.86. The number of esters is 1. The Kier molecular flexibility index (Phi) is 17.4. The molecule has 0 aliphatic rings. The Balaban J connectivity index is 3.22. The number of Topliss-reactive ketones (excluding diaryl/α,β-unsaturated/α-hetero) is 1. The van der Waals surface area contributed by atoms with E-state index in [-0.39, 0.29) is 26.1 Å². The van der Waals surface area contributed by atoms with Crippen LogP contribution < -0.4 is 0 Å². The molecule has 0 rings (SSSR count). The summed E-state index contributed by atoms with van der Waals surface area (Å²) in [6, 6.07) is 0. The molecule has 9 nitrogen and oxygen atoms in total. The molecule has 0 unspecified atom stereocenters. The van der Waals surface area contributed by atoms with Gasteiger partial charge in [-0.25, -0.2) is 4.79 Å². The maximum atomic E-state index is 11.2. The molecule has 0 amide bonds. The summed E-state index contributed by atoms with van der Waals surface area (Å²) < 4.78 is 26.8. The molecule has 0 saturated heterocycles. The van der Waals surface area contributed by atoms with Gasteiger partial charge in [0, 0.05) is 10.8 Å². The average molecular weight is 476 g/mol. The van der Waals surface area contributed by atoms with Gasteiger partial charge in [-0.2, -0.15) is 0 Å². The number of carboxylic acids is 1. The van der Waals surface area contributed by atoms with Crippen molar-refractivity contribution in [1.29, 1.82) is 0 Å². The largest absolute Gasteiger partial charge is 0.476 e. The number of ether oxygens (including phenoxy) is 5. The molecular weight excluding hydrogens is 451 g/mol. The standard InChI is InChI=1S/C15H25IO9/c16-3-4-21-5-6-22-7-8-23-9-10-24-11-12-25-14(18)2-1-13(17)15(19)20/h1-12H2,(H,19,20). The van der Waals surface area contributed by atoms with Crippen molar-refractivity contribution in [3.05, 3.63) is 0 Å². The van der Waals surface area contributed by atoms with E-state index in [4.69, 9.17) is 28.8 Å². The molecule has 0 bridgehead atoms. The van der Waals surface area contributed by atoms with Crippen molar-refractivity contribution >= 4 is 40.3 Å². The quantitative estimate of drug-likeness (QED) is 0.0990. The van der Waals surface area contributed by atoms with Gasteiger partial charge in [0.25, 0.3) is 0 Å². The number of carbonyl (C=O) groups excluding carboxylic acids is 2. The second kappa shape index (κ2) is 18.0. The molecule has 0 saturated carbocycles. The monoisotopic (exact) mass is 476 g/mol. The summed E-state index contributed by atoms with van der Waals surface area (Å²) in [4.78, 5) is 32.3. The van der Waals surface area contributed by atoms with E-state index in [0.717, 1.165) is 11.0 Å². The number of alkyl halides is 1. The van der Waals surface area contributed by atoms with Gasteiger partial charge in [0.2, 0.25) is 5.78 Å². The molecule has 0 spiro atoms. The number of hydrogen-bond acceptors (Lipinski definition) is 8. The minimum atomic E-state index is -1.55. The molecule has 0 aromatic carbocycles. The predicted octanol–water partition coefficient (Wildman–Crippen LogP) is 0.465. The Morgan fingerprint density at radius 3 is 1.56 bits per heavy atom. The van der Waals surface area contributed by atoms with Gasteiger partial charge in [-0.15, -0.1) is 0 Å². The van der Waals surface area contributed by atoms with E-state index in [2.05, 4.69) is 22.6 Å². The Labute approximate surface area is 160 Å². The fraction of sp³-hybridized carbons (Fsp3) is 0.800. The van der Waals surface area contributed by atoms with Crippen molar-refractivity contribution < 1.29 is 43.2 Å². The predicted molar refractivity (Wildman–Crippen MR) is 95.0 cm³/mol. The average Bonchev–Trinajstić information content (AvgIpc) is 2.59. The molecule has 0 aliphatic carbocycles. The first-order chi connectivity index (χ1) is 12.1. The van der Waals surface area contributed by atoms with E-state index in [9.17, 15) is 14.4 Å². The fourth-order valence-corrected chi connectivity index (χ4v) is 1.74. The highest BCUT2D eigenvalue weighted by Crippen LogP contribution is 1.95. The summed E-state index contributed by atoms with van der Waals surface area (Å²) in [5, 5.41) is 8.36. The zero-order valence-electron chi connectivity index (χ0n) is 14.1. The number of halogens is 1. The molecule has 146 valence electrons. The van der Waals surface area contributed by atoms with Crippen LogP contribution in [0.3, 0.4) is 0 Å². The van der Waals surface area contributed by atoms with Crippen molar-refractivity contribution in [2.45, 2.75) is 12.8 Å². The van der Waals surface area contributed by atoms with Crippen LogP contribution >= 0.6 is 22.6 Å². The third-order valence-electron chi connectivity index (χ3n) is 2.62. The first-order valence-corrected chi connectivity index (χ1v) is 9.39. The van der Waals surface area contributed by atoms with E-state index >= 15 is 0 Å². The van der Waals surface area contributed by atoms with E-state index < -0.39 is 17.7 Å². The van der Waals surface area contributed by atoms with Crippen LogP contribution in [0.25, 0.3) is 0 Å². The number of aliphatic carboxylic acids is 1. The molecule has 25 heavy (non-hydrogen) atoms. The smallest absolute Gasteiger partial charge is 0.372 e. The van der Waals surface area contributed by atoms with Crippen LogP contribution in [0.2, 0.25) is 0 Å². The van der Waals surface area contributed by atoms with Gasteiger partial charge in [0.05, 0.1) is 59.3 Å². The maximum Gasteiger partial charge on any atom is 0.372 e. The first kappa shape index (κ1) is 24.2. The van der Waals surface area contributed by atoms with Crippen molar-refractivity contribution in [3.8, 4) is 0 Å². The second-order valence-corrected chi connectivity index (χ2v) is 5.67. The van der Waals surface area contributed by atoms with E-state index in [1.807, 2.05) is 0 Å². The van der Waals surface area contributed by atoms with Gasteiger partial charge in [-0.3, -0.25) is 9.59 Å². The summed E-state index contributed by atoms with van der Waals surface area (Å²) >= 11 is 2.24. The highest BCUT2D eigenvalue weighted by Gasteiger charge is 2.13. The number of hydrogen-bond donors (Lipinski definition) is 1. The van der Waals surface area contributed by atoms with Gasteiger partial charge in [-0.05, 0) is 0 Å². The van der Waals surface area contributed by atoms with Crippen molar-refractivity contribution in [2.75, 3.05) is 63.9 Å². The van der Waals surface area contributed by atoms with Crippen LogP contribution in [0.1, 0.15) is 12.8 Å². The Morgan fingerprint density at radius 2 is 1.12 bits per heavy atom. The summed E-state index contributed by atoms with van der Waals surface area (Å²) in [5.41, 5.74) is 0. The summed E-state index contributed by atoms with van der Waals surface area (Å²) in [5.74, 6) is -3.19. The highest BCUT2D eigenvalue weighted by molar-refractivity contribution is 14.1. The zero-order chi connectivity index (χ0) is 18.8. The summed E-state index contributed by atoms with van der Waals surface area (Å²) in [7, 11) is 0. The minimum absolute atomic E-state index is 0.0421. The van der Waals surface area contributed by atoms with Crippen LogP contribution in [0.5, 0.6) is 0 Å². The van der Waals surface area contributed by atoms with Crippen molar-refractivity contribution in [3.63, 3.8) is 0 Å². The maximum absolute atomic E-state index is 11.2. The lowest BCUT2D eigenvalue weighted by atomic mass is 10.2. The normalized spacial score (nSPS) is 10.6. The molecule has 0 atom stereocenters. The molecule has 0 heterocycles. The molecule has 1 N–H and O–H groups in total. The van der Waals surface area contributed by atoms with E-state index in [1.165, 1.54) is 0 Å². The SMILES string of the molecule is O=C(CCC(=O)C(=O)O)OCCOCCOCCOCCOCCI. The number of carboxylic acid groups (broad SMARTS) is 1. The summed E-state index contributed by atoms with van der Waals surface area (Å²) in [6.07, 6.45) is -0.618.